The number of anilines is 2. The lowest BCUT2D eigenvalue weighted by molar-refractivity contribution is 0.102. The number of nitrogens with one attached hydrogen (secondary N) is 1. The van der Waals surface area contributed by atoms with Crippen molar-refractivity contribution < 1.29 is 18.7 Å². The number of rotatable bonds is 8. The zero-order valence-corrected chi connectivity index (χ0v) is 20.7. The molecule has 5 rings (SSSR count). The van der Waals surface area contributed by atoms with Gasteiger partial charge in [0.05, 0.1) is 18.5 Å². The zero-order chi connectivity index (χ0) is 25.6. The van der Waals surface area contributed by atoms with E-state index in [-0.39, 0.29) is 5.91 Å². The number of piperidine rings is 1. The smallest absolute Gasteiger partial charge is 0.255 e. The van der Waals surface area contributed by atoms with Gasteiger partial charge in [0, 0.05) is 29.8 Å². The van der Waals surface area contributed by atoms with Gasteiger partial charge in [-0.25, -0.2) is 4.98 Å². The Morgan fingerprint density at radius 3 is 2.65 bits per heavy atom. The number of carbonyl (C=O) groups is 2. The van der Waals surface area contributed by atoms with Crippen LogP contribution >= 0.6 is 0 Å². The molecule has 0 unspecified atom stereocenters. The molecule has 0 aliphatic carbocycles. The van der Waals surface area contributed by atoms with Crippen molar-refractivity contribution in [2.45, 2.75) is 19.8 Å². The van der Waals surface area contributed by atoms with Crippen molar-refractivity contribution >= 4 is 23.7 Å². The number of carbonyl (C=O) groups excluding carboxylic acids is 2. The third-order valence-electron chi connectivity index (χ3n) is 6.57. The van der Waals surface area contributed by atoms with E-state index in [9.17, 15) is 9.59 Å². The van der Waals surface area contributed by atoms with Crippen molar-refractivity contribution in [3.05, 3.63) is 95.9 Å². The van der Waals surface area contributed by atoms with E-state index in [0.29, 0.717) is 29.3 Å². The minimum absolute atomic E-state index is 0.195. The first kappa shape index (κ1) is 24.3. The standard InChI is InChI=1S/C30H29N3O4/c1-21-8-10-28(37-21)24-5-3-6-25(17-24)30(35)32-26-9-11-29(31-18-26)33-14-12-22(13-15-33)20-36-27-7-2-4-23(16-27)19-34/h2-11,16-19,22H,12-15,20H2,1H3,(H,32,35). The van der Waals surface area contributed by atoms with Crippen molar-refractivity contribution in [3.63, 3.8) is 0 Å². The average molecular weight is 496 g/mol. The number of aromatic nitrogens is 1. The molecule has 0 bridgehead atoms. The van der Waals surface area contributed by atoms with Crippen molar-refractivity contribution in [2.24, 2.45) is 5.92 Å². The highest BCUT2D eigenvalue weighted by Crippen LogP contribution is 2.25. The number of aryl methyl sites for hydroxylation is 1. The van der Waals surface area contributed by atoms with Gasteiger partial charge in [-0.15, -0.1) is 0 Å². The molecule has 0 saturated carbocycles. The normalized spacial score (nSPS) is 13.8. The summed E-state index contributed by atoms with van der Waals surface area (Å²) in [6, 6.07) is 22.2. The summed E-state index contributed by atoms with van der Waals surface area (Å²) >= 11 is 0. The summed E-state index contributed by atoms with van der Waals surface area (Å²) in [6.45, 7) is 4.31. The second-order valence-corrected chi connectivity index (χ2v) is 9.28. The lowest BCUT2D eigenvalue weighted by Crippen LogP contribution is -2.36. The quantitative estimate of drug-likeness (QED) is 0.301. The summed E-state index contributed by atoms with van der Waals surface area (Å²) in [4.78, 5) is 30.6. The summed E-state index contributed by atoms with van der Waals surface area (Å²) in [5, 5.41) is 2.93. The molecule has 0 radical (unpaired) electrons. The van der Waals surface area contributed by atoms with Crippen LogP contribution in [0.4, 0.5) is 11.5 Å². The van der Waals surface area contributed by atoms with Crippen LogP contribution in [0.1, 0.15) is 39.3 Å². The number of hydrogen-bond donors (Lipinski definition) is 1. The monoisotopic (exact) mass is 495 g/mol. The van der Waals surface area contributed by atoms with Gasteiger partial charge in [0.2, 0.25) is 0 Å². The molecule has 1 aliphatic rings. The van der Waals surface area contributed by atoms with Crippen molar-refractivity contribution in [1.29, 1.82) is 0 Å². The number of ether oxygens (including phenoxy) is 1. The van der Waals surface area contributed by atoms with E-state index in [1.165, 1.54) is 0 Å². The third kappa shape index (κ3) is 6.06. The highest BCUT2D eigenvalue weighted by molar-refractivity contribution is 6.04. The molecule has 37 heavy (non-hydrogen) atoms. The van der Waals surface area contributed by atoms with Crippen LogP contribution in [0.25, 0.3) is 11.3 Å². The molecule has 7 nitrogen and oxygen atoms in total. The van der Waals surface area contributed by atoms with Gasteiger partial charge in [0.1, 0.15) is 29.4 Å². The number of pyridine rings is 1. The molecule has 4 aromatic rings. The lowest BCUT2D eigenvalue weighted by atomic mass is 9.98. The minimum atomic E-state index is -0.195. The summed E-state index contributed by atoms with van der Waals surface area (Å²) < 4.78 is 11.6. The van der Waals surface area contributed by atoms with Crippen molar-refractivity contribution in [1.82, 2.24) is 4.98 Å². The van der Waals surface area contributed by atoms with Crippen LogP contribution in [0.15, 0.2) is 83.4 Å². The first-order chi connectivity index (χ1) is 18.1. The summed E-state index contributed by atoms with van der Waals surface area (Å²) in [5.41, 5.74) is 2.68. The van der Waals surface area contributed by atoms with Crippen LogP contribution in [-0.4, -0.2) is 36.9 Å². The minimum Gasteiger partial charge on any atom is -0.493 e. The van der Waals surface area contributed by atoms with E-state index >= 15 is 0 Å². The molecule has 1 amide bonds. The second-order valence-electron chi connectivity index (χ2n) is 9.28. The Kier molecular flexibility index (Phi) is 7.31. The van der Waals surface area contributed by atoms with Gasteiger partial charge in [-0.3, -0.25) is 9.59 Å². The number of aldehydes is 1. The molecule has 1 N–H and O–H groups in total. The van der Waals surface area contributed by atoms with E-state index in [0.717, 1.165) is 60.9 Å². The van der Waals surface area contributed by atoms with Crippen LogP contribution in [0.2, 0.25) is 0 Å². The van der Waals surface area contributed by atoms with Gasteiger partial charge in [-0.1, -0.05) is 24.3 Å². The molecule has 0 spiro atoms. The predicted octanol–water partition coefficient (Wildman–Crippen LogP) is 6.01. The van der Waals surface area contributed by atoms with Crippen LogP contribution < -0.4 is 15.0 Å². The highest BCUT2D eigenvalue weighted by Gasteiger charge is 2.21. The predicted molar refractivity (Wildman–Crippen MR) is 143 cm³/mol. The largest absolute Gasteiger partial charge is 0.493 e. The van der Waals surface area contributed by atoms with E-state index < -0.39 is 0 Å². The third-order valence-corrected chi connectivity index (χ3v) is 6.57. The van der Waals surface area contributed by atoms with Crippen LogP contribution in [0.3, 0.4) is 0 Å². The molecule has 188 valence electrons. The highest BCUT2D eigenvalue weighted by atomic mass is 16.5. The summed E-state index contributed by atoms with van der Waals surface area (Å²) in [6.07, 6.45) is 4.52. The fraction of sp³-hybridized carbons (Fsp3) is 0.233. The maximum absolute atomic E-state index is 12.8. The number of hydrogen-bond acceptors (Lipinski definition) is 6. The second kappa shape index (κ2) is 11.1. The fourth-order valence-corrected chi connectivity index (χ4v) is 4.47. The summed E-state index contributed by atoms with van der Waals surface area (Å²) in [7, 11) is 0. The Morgan fingerprint density at radius 1 is 1.08 bits per heavy atom. The molecule has 0 atom stereocenters. The van der Waals surface area contributed by atoms with Gasteiger partial charge in [-0.2, -0.15) is 0 Å². The van der Waals surface area contributed by atoms with E-state index in [4.69, 9.17) is 9.15 Å². The molecule has 3 heterocycles. The Balaban J connectivity index is 1.13. The topological polar surface area (TPSA) is 84.7 Å². The van der Waals surface area contributed by atoms with Crippen LogP contribution in [0, 0.1) is 12.8 Å². The first-order valence-electron chi connectivity index (χ1n) is 12.4. The molecule has 7 heteroatoms. The van der Waals surface area contributed by atoms with E-state index in [2.05, 4.69) is 15.2 Å². The molecular formula is C30H29N3O4. The number of benzene rings is 2. The molecule has 1 aliphatic heterocycles. The number of amides is 1. The number of furan rings is 1. The van der Waals surface area contributed by atoms with Gasteiger partial charge in [0.25, 0.3) is 5.91 Å². The maximum Gasteiger partial charge on any atom is 0.255 e. The number of nitrogens with zero attached hydrogens (tertiary/aromatic N) is 2. The molecule has 1 fully saturated rings. The van der Waals surface area contributed by atoms with Crippen molar-refractivity contribution in [3.8, 4) is 17.1 Å². The zero-order valence-electron chi connectivity index (χ0n) is 20.7. The van der Waals surface area contributed by atoms with E-state index in [1.54, 1.807) is 24.4 Å². The lowest BCUT2D eigenvalue weighted by Gasteiger charge is -2.32. The first-order valence-corrected chi connectivity index (χ1v) is 12.4. The summed E-state index contributed by atoms with van der Waals surface area (Å²) in [5.74, 6) is 3.45. The van der Waals surface area contributed by atoms with Gasteiger partial charge < -0.3 is 19.4 Å². The van der Waals surface area contributed by atoms with Gasteiger partial charge in [0.15, 0.2) is 0 Å². The fourth-order valence-electron chi connectivity index (χ4n) is 4.47. The Labute approximate surface area is 216 Å². The molecule has 1 saturated heterocycles. The van der Waals surface area contributed by atoms with Crippen molar-refractivity contribution in [2.75, 3.05) is 29.9 Å². The van der Waals surface area contributed by atoms with E-state index in [1.807, 2.05) is 61.5 Å². The van der Waals surface area contributed by atoms with Gasteiger partial charge in [-0.05, 0) is 74.2 Å². The van der Waals surface area contributed by atoms with Gasteiger partial charge >= 0.3 is 0 Å². The Morgan fingerprint density at radius 2 is 1.92 bits per heavy atom. The maximum atomic E-state index is 12.8. The van der Waals surface area contributed by atoms with Crippen LogP contribution in [-0.2, 0) is 0 Å². The molecule has 2 aromatic heterocycles. The average Bonchev–Trinajstić information content (AvgIpc) is 3.39. The molecular weight excluding hydrogens is 466 g/mol. The molecule has 2 aromatic carbocycles. The Hall–Kier alpha value is -4.39. The van der Waals surface area contributed by atoms with Crippen LogP contribution in [0.5, 0.6) is 5.75 Å². The SMILES string of the molecule is Cc1ccc(-c2cccc(C(=O)Nc3ccc(N4CCC(COc5cccc(C=O)c5)CC4)nc3)c2)o1. The Bertz CT molecular complexity index is 1370.